The van der Waals surface area contributed by atoms with Gasteiger partial charge in [0.15, 0.2) is 5.03 Å². The lowest BCUT2D eigenvalue weighted by Gasteiger charge is -2.29. The summed E-state index contributed by atoms with van der Waals surface area (Å²) in [5.41, 5.74) is 2.92. The number of rotatable bonds is 8. The maximum absolute atomic E-state index is 14.2. The number of aliphatic hydroxyl groups is 1. The van der Waals surface area contributed by atoms with Crippen molar-refractivity contribution in [3.05, 3.63) is 64.3 Å². The predicted octanol–water partition coefficient (Wildman–Crippen LogP) is 5.54. The number of carboxylic acid groups (broad SMARTS) is 1. The quantitative estimate of drug-likeness (QED) is 0.339. The first kappa shape index (κ1) is 26.8. The van der Waals surface area contributed by atoms with Gasteiger partial charge in [-0.1, -0.05) is 32.1 Å². The number of carboxylic acids is 1. The van der Waals surface area contributed by atoms with Crippen LogP contribution in [0.15, 0.2) is 46.8 Å². The predicted molar refractivity (Wildman–Crippen MR) is 140 cm³/mol. The standard InChI is InChI=1S/C26H27FN2O6S2/c1-26(2)8-6-15(7-9-26)18-5-4-16(10-17(18)13-30)24-28-23(14-36-24)37(33,34)29-21-12-20(27)19(25(31)32)11-22(21)35-3/h4-6,10-12,14,29-30H,7-9,13H2,1-3H3,(H,31,32). The van der Waals surface area contributed by atoms with Crippen LogP contribution in [0.5, 0.6) is 5.75 Å². The Hall–Kier alpha value is -3.28. The summed E-state index contributed by atoms with van der Waals surface area (Å²) in [4.78, 5) is 15.4. The highest BCUT2D eigenvalue weighted by Crippen LogP contribution is 2.40. The molecule has 0 saturated carbocycles. The Labute approximate surface area is 218 Å². The summed E-state index contributed by atoms with van der Waals surface area (Å²) in [5.74, 6) is -2.77. The fourth-order valence-electron chi connectivity index (χ4n) is 4.17. The number of nitrogens with zero attached hydrogens (tertiary/aromatic N) is 1. The van der Waals surface area contributed by atoms with Gasteiger partial charge < -0.3 is 14.9 Å². The Balaban J connectivity index is 1.61. The van der Waals surface area contributed by atoms with Crippen molar-refractivity contribution in [2.75, 3.05) is 11.8 Å². The molecule has 4 rings (SSSR count). The van der Waals surface area contributed by atoms with Crippen LogP contribution in [-0.2, 0) is 16.6 Å². The molecular weight excluding hydrogens is 519 g/mol. The molecule has 3 N–H and O–H groups in total. The lowest BCUT2D eigenvalue weighted by Crippen LogP contribution is -2.15. The van der Waals surface area contributed by atoms with Gasteiger partial charge in [0.05, 0.1) is 25.0 Å². The van der Waals surface area contributed by atoms with Crippen molar-refractivity contribution < 1.29 is 32.6 Å². The van der Waals surface area contributed by atoms with Gasteiger partial charge in [-0.05, 0) is 53.5 Å². The second-order valence-electron chi connectivity index (χ2n) is 9.56. The second-order valence-corrected chi connectivity index (χ2v) is 12.0. The number of aromatic carboxylic acids is 1. The number of methoxy groups -OCH3 is 1. The van der Waals surface area contributed by atoms with E-state index in [1.54, 1.807) is 0 Å². The molecule has 1 aliphatic rings. The average molecular weight is 547 g/mol. The molecule has 0 unspecified atom stereocenters. The smallest absolute Gasteiger partial charge is 0.338 e. The van der Waals surface area contributed by atoms with Gasteiger partial charge >= 0.3 is 5.97 Å². The number of hydrogen-bond acceptors (Lipinski definition) is 7. The van der Waals surface area contributed by atoms with Gasteiger partial charge in [-0.3, -0.25) is 4.72 Å². The third-order valence-electron chi connectivity index (χ3n) is 6.36. The SMILES string of the molecule is COc1cc(C(=O)O)c(F)cc1NS(=O)(=O)c1csc(-c2ccc(C3=CCC(C)(C)CC3)c(CO)c2)n1. The Kier molecular flexibility index (Phi) is 7.40. The summed E-state index contributed by atoms with van der Waals surface area (Å²) in [6, 6.07) is 7.24. The van der Waals surface area contributed by atoms with Crippen molar-refractivity contribution in [2.24, 2.45) is 5.41 Å². The molecule has 196 valence electrons. The summed E-state index contributed by atoms with van der Waals surface area (Å²) in [6.07, 6.45) is 5.16. The van der Waals surface area contributed by atoms with E-state index < -0.39 is 27.4 Å². The number of hydrogen-bond donors (Lipinski definition) is 3. The minimum absolute atomic E-state index is 0.151. The maximum Gasteiger partial charge on any atom is 0.338 e. The molecule has 1 heterocycles. The number of thiazole rings is 1. The lowest BCUT2D eigenvalue weighted by molar-refractivity contribution is 0.0691. The van der Waals surface area contributed by atoms with Gasteiger partial charge in [-0.2, -0.15) is 8.42 Å². The molecule has 0 aliphatic heterocycles. The summed E-state index contributed by atoms with van der Waals surface area (Å²) in [7, 11) is -3.03. The van der Waals surface area contributed by atoms with Crippen molar-refractivity contribution in [3.8, 4) is 16.3 Å². The van der Waals surface area contributed by atoms with Gasteiger partial charge in [0.25, 0.3) is 10.0 Å². The number of allylic oxidation sites excluding steroid dienone is 2. The first-order valence-electron chi connectivity index (χ1n) is 11.5. The average Bonchev–Trinajstić information content (AvgIpc) is 3.35. The van der Waals surface area contributed by atoms with Crippen LogP contribution in [0.2, 0.25) is 0 Å². The fraction of sp³-hybridized carbons (Fsp3) is 0.308. The zero-order valence-corrected chi connectivity index (χ0v) is 22.2. The normalized spacial score (nSPS) is 15.2. The molecule has 11 heteroatoms. The van der Waals surface area contributed by atoms with Crippen LogP contribution in [-0.4, -0.2) is 36.7 Å². The number of nitrogens with one attached hydrogen (secondary N) is 1. The minimum Gasteiger partial charge on any atom is -0.495 e. The van der Waals surface area contributed by atoms with E-state index in [-0.39, 0.29) is 28.5 Å². The first-order chi connectivity index (χ1) is 17.4. The minimum atomic E-state index is -4.24. The fourth-order valence-corrected chi connectivity index (χ4v) is 6.32. The summed E-state index contributed by atoms with van der Waals surface area (Å²) in [6.45, 7) is 4.30. The highest BCUT2D eigenvalue weighted by Gasteiger charge is 2.25. The van der Waals surface area contributed by atoms with Crippen LogP contribution in [0.25, 0.3) is 16.1 Å². The first-order valence-corrected chi connectivity index (χ1v) is 13.8. The van der Waals surface area contributed by atoms with Crippen LogP contribution in [0.3, 0.4) is 0 Å². The molecule has 0 fully saturated rings. The van der Waals surface area contributed by atoms with E-state index in [9.17, 15) is 22.7 Å². The topological polar surface area (TPSA) is 126 Å². The third-order valence-corrected chi connectivity index (χ3v) is 8.65. The second kappa shape index (κ2) is 10.2. The number of aliphatic hydroxyl groups excluding tert-OH is 1. The van der Waals surface area contributed by atoms with Crippen LogP contribution >= 0.6 is 11.3 Å². The summed E-state index contributed by atoms with van der Waals surface area (Å²) in [5, 5.41) is 20.6. The van der Waals surface area contributed by atoms with E-state index in [1.807, 2.05) is 18.2 Å². The summed E-state index contributed by atoms with van der Waals surface area (Å²) >= 11 is 1.11. The van der Waals surface area contributed by atoms with Crippen molar-refractivity contribution in [3.63, 3.8) is 0 Å². The molecule has 2 aromatic carbocycles. The molecule has 8 nitrogen and oxygen atoms in total. The van der Waals surface area contributed by atoms with Crippen molar-refractivity contribution in [1.29, 1.82) is 0 Å². The molecule has 0 radical (unpaired) electrons. The van der Waals surface area contributed by atoms with Crippen molar-refractivity contribution in [1.82, 2.24) is 4.98 Å². The summed E-state index contributed by atoms with van der Waals surface area (Å²) < 4.78 is 47.4. The van der Waals surface area contributed by atoms with Gasteiger partial charge in [-0.15, -0.1) is 11.3 Å². The van der Waals surface area contributed by atoms with Crippen LogP contribution in [0, 0.1) is 11.2 Å². The monoisotopic (exact) mass is 546 g/mol. The molecule has 0 atom stereocenters. The lowest BCUT2D eigenvalue weighted by atomic mass is 9.76. The Bertz CT molecular complexity index is 1490. The number of anilines is 1. The molecule has 1 aliphatic carbocycles. The molecule has 37 heavy (non-hydrogen) atoms. The molecule has 0 bridgehead atoms. The molecule has 0 spiro atoms. The van der Waals surface area contributed by atoms with Crippen LogP contribution in [0.4, 0.5) is 10.1 Å². The zero-order chi connectivity index (χ0) is 27.0. The van der Waals surface area contributed by atoms with Crippen LogP contribution in [0.1, 0.15) is 54.6 Å². The Morgan fingerprint density at radius 1 is 1.27 bits per heavy atom. The number of carbonyl (C=O) groups is 1. The number of aromatic nitrogens is 1. The van der Waals surface area contributed by atoms with Gasteiger partial charge in [0.2, 0.25) is 0 Å². The highest BCUT2D eigenvalue weighted by molar-refractivity contribution is 7.92. The molecule has 0 amide bonds. The van der Waals surface area contributed by atoms with Crippen molar-refractivity contribution >= 4 is 38.6 Å². The number of benzene rings is 2. The van der Waals surface area contributed by atoms with E-state index in [0.29, 0.717) is 10.6 Å². The van der Waals surface area contributed by atoms with E-state index in [2.05, 4.69) is 29.6 Å². The Morgan fingerprint density at radius 3 is 2.65 bits per heavy atom. The number of sulfonamides is 1. The van der Waals surface area contributed by atoms with E-state index >= 15 is 0 Å². The van der Waals surface area contributed by atoms with E-state index in [0.717, 1.165) is 53.9 Å². The molecular formula is C26H27FN2O6S2. The number of ether oxygens (including phenoxy) is 1. The Morgan fingerprint density at radius 2 is 2.03 bits per heavy atom. The number of halogens is 1. The highest BCUT2D eigenvalue weighted by atomic mass is 32.2. The molecule has 1 aromatic heterocycles. The van der Waals surface area contributed by atoms with E-state index in [1.165, 1.54) is 18.1 Å². The van der Waals surface area contributed by atoms with Gasteiger partial charge in [0, 0.05) is 17.0 Å². The van der Waals surface area contributed by atoms with Crippen molar-refractivity contribution in [2.45, 2.75) is 44.7 Å². The third kappa shape index (κ3) is 5.68. The van der Waals surface area contributed by atoms with Crippen LogP contribution < -0.4 is 9.46 Å². The van der Waals surface area contributed by atoms with Gasteiger partial charge in [-0.25, -0.2) is 14.2 Å². The maximum atomic E-state index is 14.2. The molecule has 3 aromatic rings. The zero-order valence-electron chi connectivity index (χ0n) is 20.5. The largest absolute Gasteiger partial charge is 0.495 e. The molecule has 0 saturated heterocycles. The van der Waals surface area contributed by atoms with E-state index in [4.69, 9.17) is 9.84 Å². The van der Waals surface area contributed by atoms with Gasteiger partial charge in [0.1, 0.15) is 16.6 Å².